The first-order valence-electron chi connectivity index (χ1n) is 8.85. The van der Waals surface area contributed by atoms with Gasteiger partial charge in [-0.1, -0.05) is 54.3 Å². The average molecular weight is 394 g/mol. The zero-order valence-corrected chi connectivity index (χ0v) is 16.7. The van der Waals surface area contributed by atoms with Gasteiger partial charge in [-0.25, -0.2) is 8.42 Å². The van der Waals surface area contributed by atoms with Crippen LogP contribution in [0.3, 0.4) is 0 Å². The highest BCUT2D eigenvalue weighted by atomic mass is 35.5. The highest BCUT2D eigenvalue weighted by Gasteiger charge is 2.33. The normalized spacial score (nSPS) is 19.1. The SMILES string of the molecule is COc1ccc(S(=O)(=O)N2CCCCCC2c2ccc(C)cc2)cc1Cl. The third kappa shape index (κ3) is 3.90. The summed E-state index contributed by atoms with van der Waals surface area (Å²) in [5, 5.41) is 0.301. The topological polar surface area (TPSA) is 46.6 Å². The van der Waals surface area contributed by atoms with Gasteiger partial charge in [-0.15, -0.1) is 0 Å². The van der Waals surface area contributed by atoms with Gasteiger partial charge >= 0.3 is 0 Å². The Morgan fingerprint density at radius 1 is 1.08 bits per heavy atom. The molecule has 1 unspecified atom stereocenters. The van der Waals surface area contributed by atoms with E-state index in [1.54, 1.807) is 16.4 Å². The van der Waals surface area contributed by atoms with Gasteiger partial charge in [0.15, 0.2) is 0 Å². The molecule has 1 aliphatic heterocycles. The molecule has 0 aromatic heterocycles. The lowest BCUT2D eigenvalue weighted by Gasteiger charge is -2.29. The number of halogens is 1. The second kappa shape index (κ2) is 7.99. The first kappa shape index (κ1) is 19.2. The van der Waals surface area contributed by atoms with Crippen molar-refractivity contribution in [1.82, 2.24) is 4.31 Å². The van der Waals surface area contributed by atoms with Crippen molar-refractivity contribution in [3.8, 4) is 5.75 Å². The number of rotatable bonds is 4. The van der Waals surface area contributed by atoms with Gasteiger partial charge in [-0.05, 0) is 43.5 Å². The van der Waals surface area contributed by atoms with Crippen molar-refractivity contribution >= 4 is 21.6 Å². The van der Waals surface area contributed by atoms with Crippen molar-refractivity contribution in [3.05, 3.63) is 58.6 Å². The molecule has 1 heterocycles. The Bertz CT molecular complexity index is 865. The number of benzene rings is 2. The summed E-state index contributed by atoms with van der Waals surface area (Å²) < 4.78 is 33.5. The fraction of sp³-hybridized carbons (Fsp3) is 0.400. The van der Waals surface area contributed by atoms with Crippen molar-refractivity contribution in [2.45, 2.75) is 43.5 Å². The van der Waals surface area contributed by atoms with Crippen molar-refractivity contribution in [3.63, 3.8) is 0 Å². The predicted molar refractivity (Wildman–Crippen MR) is 104 cm³/mol. The van der Waals surface area contributed by atoms with E-state index in [4.69, 9.17) is 16.3 Å². The van der Waals surface area contributed by atoms with Gasteiger partial charge in [0.2, 0.25) is 10.0 Å². The summed E-state index contributed by atoms with van der Waals surface area (Å²) in [6, 6.07) is 12.6. The molecule has 0 aliphatic carbocycles. The van der Waals surface area contributed by atoms with Crippen molar-refractivity contribution in [2.75, 3.05) is 13.7 Å². The maximum Gasteiger partial charge on any atom is 0.243 e. The van der Waals surface area contributed by atoms with E-state index in [2.05, 4.69) is 0 Å². The molecule has 1 fully saturated rings. The zero-order chi connectivity index (χ0) is 18.7. The van der Waals surface area contributed by atoms with Crippen LogP contribution in [0.1, 0.15) is 42.9 Å². The molecule has 0 bridgehead atoms. The van der Waals surface area contributed by atoms with E-state index in [0.29, 0.717) is 17.3 Å². The van der Waals surface area contributed by atoms with Crippen LogP contribution >= 0.6 is 11.6 Å². The standard InChI is InChI=1S/C20H24ClNO3S/c1-15-7-9-16(10-8-15)19-6-4-3-5-13-22(19)26(23,24)17-11-12-20(25-2)18(21)14-17/h7-12,14,19H,3-6,13H2,1-2H3. The first-order valence-corrected chi connectivity index (χ1v) is 10.7. The van der Waals surface area contributed by atoms with Gasteiger partial charge in [-0.2, -0.15) is 4.31 Å². The molecule has 2 aromatic carbocycles. The van der Waals surface area contributed by atoms with Crippen LogP contribution in [0.4, 0.5) is 0 Å². The van der Waals surface area contributed by atoms with E-state index in [0.717, 1.165) is 31.2 Å². The van der Waals surface area contributed by atoms with Crippen molar-refractivity contribution < 1.29 is 13.2 Å². The minimum Gasteiger partial charge on any atom is -0.495 e. The molecule has 6 heteroatoms. The van der Waals surface area contributed by atoms with E-state index in [1.165, 1.54) is 18.7 Å². The smallest absolute Gasteiger partial charge is 0.243 e. The van der Waals surface area contributed by atoms with Crippen LogP contribution in [0, 0.1) is 6.92 Å². The van der Waals surface area contributed by atoms with Gasteiger partial charge in [0.1, 0.15) is 5.75 Å². The zero-order valence-electron chi connectivity index (χ0n) is 15.1. The van der Waals surface area contributed by atoms with E-state index >= 15 is 0 Å². The molecule has 140 valence electrons. The third-order valence-electron chi connectivity index (χ3n) is 4.90. The molecule has 0 N–H and O–H groups in total. The summed E-state index contributed by atoms with van der Waals surface area (Å²) in [5.74, 6) is 0.469. The number of aryl methyl sites for hydroxylation is 1. The van der Waals surface area contributed by atoms with Crippen LogP contribution in [-0.4, -0.2) is 26.4 Å². The average Bonchev–Trinajstić information content (AvgIpc) is 2.89. The van der Waals surface area contributed by atoms with Gasteiger partial charge in [0.05, 0.1) is 23.1 Å². The lowest BCUT2D eigenvalue weighted by molar-refractivity contribution is 0.329. The Hall–Kier alpha value is -1.56. The fourth-order valence-electron chi connectivity index (χ4n) is 3.43. The molecule has 2 aromatic rings. The van der Waals surface area contributed by atoms with Crippen molar-refractivity contribution in [1.29, 1.82) is 0 Å². The Balaban J connectivity index is 2.01. The fourth-order valence-corrected chi connectivity index (χ4v) is 5.47. The largest absolute Gasteiger partial charge is 0.495 e. The molecule has 4 nitrogen and oxygen atoms in total. The predicted octanol–water partition coefficient (Wildman–Crippen LogP) is 4.96. The second-order valence-electron chi connectivity index (χ2n) is 6.69. The minimum absolute atomic E-state index is 0.149. The van der Waals surface area contributed by atoms with Crippen LogP contribution in [-0.2, 0) is 10.0 Å². The number of nitrogens with zero attached hydrogens (tertiary/aromatic N) is 1. The molecule has 1 atom stereocenters. The van der Waals surface area contributed by atoms with E-state index < -0.39 is 10.0 Å². The Labute approximate surface area is 160 Å². The highest BCUT2D eigenvalue weighted by molar-refractivity contribution is 7.89. The van der Waals surface area contributed by atoms with Gasteiger partial charge < -0.3 is 4.74 Å². The molecular weight excluding hydrogens is 370 g/mol. The van der Waals surface area contributed by atoms with Crippen LogP contribution in [0.2, 0.25) is 5.02 Å². The monoisotopic (exact) mass is 393 g/mol. The maximum atomic E-state index is 13.4. The number of ether oxygens (including phenoxy) is 1. The van der Waals surface area contributed by atoms with E-state index in [1.807, 2.05) is 31.2 Å². The molecule has 0 spiro atoms. The molecule has 1 saturated heterocycles. The second-order valence-corrected chi connectivity index (χ2v) is 8.99. The number of methoxy groups -OCH3 is 1. The summed E-state index contributed by atoms with van der Waals surface area (Å²) in [5.41, 5.74) is 2.21. The summed E-state index contributed by atoms with van der Waals surface area (Å²) in [4.78, 5) is 0.210. The Morgan fingerprint density at radius 2 is 1.81 bits per heavy atom. The van der Waals surface area contributed by atoms with Crippen LogP contribution in [0.25, 0.3) is 0 Å². The summed E-state index contributed by atoms with van der Waals surface area (Å²) in [6.07, 6.45) is 3.75. The summed E-state index contributed by atoms with van der Waals surface area (Å²) in [7, 11) is -2.14. The molecule has 1 aliphatic rings. The molecule has 0 radical (unpaired) electrons. The highest BCUT2D eigenvalue weighted by Crippen LogP contribution is 2.36. The van der Waals surface area contributed by atoms with E-state index in [-0.39, 0.29) is 10.9 Å². The van der Waals surface area contributed by atoms with Gasteiger partial charge in [-0.3, -0.25) is 0 Å². The molecule has 0 amide bonds. The summed E-state index contributed by atoms with van der Waals surface area (Å²) >= 11 is 6.17. The van der Waals surface area contributed by atoms with Crippen LogP contribution in [0.5, 0.6) is 5.75 Å². The quantitative estimate of drug-likeness (QED) is 0.737. The van der Waals surface area contributed by atoms with Crippen LogP contribution < -0.4 is 4.74 Å². The van der Waals surface area contributed by atoms with Gasteiger partial charge in [0, 0.05) is 6.54 Å². The molecule has 0 saturated carbocycles. The van der Waals surface area contributed by atoms with Crippen LogP contribution in [0.15, 0.2) is 47.4 Å². The lowest BCUT2D eigenvalue weighted by Crippen LogP contribution is -2.34. The Morgan fingerprint density at radius 3 is 2.46 bits per heavy atom. The Kier molecular flexibility index (Phi) is 5.90. The third-order valence-corrected chi connectivity index (χ3v) is 7.10. The molecular formula is C20H24ClNO3S. The maximum absolute atomic E-state index is 13.4. The number of hydrogen-bond acceptors (Lipinski definition) is 3. The van der Waals surface area contributed by atoms with E-state index in [9.17, 15) is 8.42 Å². The summed E-state index contributed by atoms with van der Waals surface area (Å²) in [6.45, 7) is 2.55. The molecule has 3 rings (SSSR count). The lowest BCUT2D eigenvalue weighted by atomic mass is 10.0. The molecule has 26 heavy (non-hydrogen) atoms. The first-order chi connectivity index (χ1) is 12.4. The number of sulfonamides is 1. The van der Waals surface area contributed by atoms with Gasteiger partial charge in [0.25, 0.3) is 0 Å². The number of hydrogen-bond donors (Lipinski definition) is 0. The minimum atomic E-state index is -3.65. The van der Waals surface area contributed by atoms with Crippen molar-refractivity contribution in [2.24, 2.45) is 0 Å².